The van der Waals surface area contributed by atoms with E-state index in [1.165, 1.54) is 13.0 Å². The van der Waals surface area contributed by atoms with E-state index in [1.54, 1.807) is 13.0 Å². The summed E-state index contributed by atoms with van der Waals surface area (Å²) < 4.78 is 4.69. The Kier molecular flexibility index (Phi) is 1.89. The Labute approximate surface area is 63.7 Å². The molecule has 58 valence electrons. The molecular formula is C8H8O3. The normalized spacial score (nSPS) is 9.64. The second-order valence-electron chi connectivity index (χ2n) is 2.30. The third-order valence-electron chi connectivity index (χ3n) is 1.34. The topological polar surface area (TPSA) is 47.3 Å². The van der Waals surface area contributed by atoms with Gasteiger partial charge in [-0.05, 0) is 26.0 Å². The van der Waals surface area contributed by atoms with E-state index in [2.05, 4.69) is 0 Å². The predicted octanol–water partition coefficient (Wildman–Crippen LogP) is 1.15. The van der Waals surface area contributed by atoms with Crippen LogP contribution < -0.4 is 5.63 Å². The molecule has 0 atom stereocenters. The second kappa shape index (κ2) is 2.70. The van der Waals surface area contributed by atoms with Crippen LogP contribution in [0.25, 0.3) is 0 Å². The minimum absolute atomic E-state index is 0.107. The van der Waals surface area contributed by atoms with Gasteiger partial charge in [-0.1, -0.05) is 0 Å². The molecule has 0 aliphatic heterocycles. The van der Waals surface area contributed by atoms with Crippen LogP contribution in [0.3, 0.4) is 0 Å². The molecule has 0 saturated carbocycles. The summed E-state index contributed by atoms with van der Waals surface area (Å²) in [5.41, 5.74) is -0.451. The molecule has 3 heteroatoms. The van der Waals surface area contributed by atoms with Gasteiger partial charge in [0, 0.05) is 0 Å². The molecule has 1 aromatic heterocycles. The van der Waals surface area contributed by atoms with Crippen molar-refractivity contribution in [3.8, 4) is 0 Å². The van der Waals surface area contributed by atoms with Crippen molar-refractivity contribution in [2.75, 3.05) is 0 Å². The lowest BCUT2D eigenvalue weighted by Crippen LogP contribution is -2.11. The van der Waals surface area contributed by atoms with E-state index in [9.17, 15) is 9.59 Å². The van der Waals surface area contributed by atoms with Gasteiger partial charge in [-0.15, -0.1) is 0 Å². The molecular weight excluding hydrogens is 144 g/mol. The first kappa shape index (κ1) is 7.72. The zero-order valence-corrected chi connectivity index (χ0v) is 6.38. The van der Waals surface area contributed by atoms with Gasteiger partial charge in [0.2, 0.25) is 0 Å². The maximum absolute atomic E-state index is 10.9. The van der Waals surface area contributed by atoms with Crippen molar-refractivity contribution in [1.82, 2.24) is 0 Å². The van der Waals surface area contributed by atoms with Gasteiger partial charge in [-0.25, -0.2) is 4.79 Å². The molecule has 1 heterocycles. The molecule has 0 aliphatic rings. The number of carbonyl (C=O) groups is 1. The van der Waals surface area contributed by atoms with Crippen LogP contribution in [-0.2, 0) is 0 Å². The molecule has 1 aromatic rings. The quantitative estimate of drug-likeness (QED) is 0.567. The number of aryl methyl sites for hydroxylation is 1. The van der Waals surface area contributed by atoms with Crippen LogP contribution in [0, 0.1) is 6.92 Å². The summed E-state index contributed by atoms with van der Waals surface area (Å²) in [6.45, 7) is 2.99. The van der Waals surface area contributed by atoms with E-state index in [4.69, 9.17) is 4.42 Å². The molecule has 0 radical (unpaired) electrons. The van der Waals surface area contributed by atoms with Crippen LogP contribution in [0.4, 0.5) is 0 Å². The lowest BCUT2D eigenvalue weighted by atomic mass is 10.2. The molecule has 11 heavy (non-hydrogen) atoms. The molecule has 0 aliphatic carbocycles. The predicted molar refractivity (Wildman–Crippen MR) is 39.7 cm³/mol. The van der Waals surface area contributed by atoms with Crippen molar-refractivity contribution in [3.63, 3.8) is 0 Å². The number of hydrogen-bond donors (Lipinski definition) is 0. The van der Waals surface area contributed by atoms with Crippen molar-refractivity contribution in [2.45, 2.75) is 13.8 Å². The maximum atomic E-state index is 10.9. The Morgan fingerprint density at radius 3 is 2.55 bits per heavy atom. The van der Waals surface area contributed by atoms with E-state index >= 15 is 0 Å². The van der Waals surface area contributed by atoms with Crippen LogP contribution in [0.15, 0.2) is 21.3 Å². The summed E-state index contributed by atoms with van der Waals surface area (Å²) >= 11 is 0. The number of ketones is 1. The monoisotopic (exact) mass is 152 g/mol. The number of hydrogen-bond acceptors (Lipinski definition) is 3. The molecule has 0 fully saturated rings. The van der Waals surface area contributed by atoms with Crippen molar-refractivity contribution < 1.29 is 9.21 Å². The van der Waals surface area contributed by atoms with Gasteiger partial charge in [0.15, 0.2) is 5.78 Å². The lowest BCUT2D eigenvalue weighted by molar-refractivity contribution is 0.101. The van der Waals surface area contributed by atoms with Crippen molar-refractivity contribution >= 4 is 5.78 Å². The highest BCUT2D eigenvalue weighted by Crippen LogP contribution is 1.96. The highest BCUT2D eigenvalue weighted by Gasteiger charge is 2.05. The molecule has 0 unspecified atom stereocenters. The lowest BCUT2D eigenvalue weighted by Gasteiger charge is -1.92. The number of Topliss-reactive ketones (excluding diaryl/α,β-unsaturated/α-hetero) is 1. The van der Waals surface area contributed by atoms with Crippen LogP contribution in [0.1, 0.15) is 23.0 Å². The van der Waals surface area contributed by atoms with E-state index < -0.39 is 5.63 Å². The largest absolute Gasteiger partial charge is 0.428 e. The highest BCUT2D eigenvalue weighted by molar-refractivity contribution is 5.93. The van der Waals surface area contributed by atoms with Crippen molar-refractivity contribution in [3.05, 3.63) is 33.9 Å². The van der Waals surface area contributed by atoms with Gasteiger partial charge in [-0.3, -0.25) is 4.79 Å². The summed E-state index contributed by atoms with van der Waals surface area (Å²) in [6.07, 6.45) is 0. The molecule has 0 spiro atoms. The number of carbonyl (C=O) groups excluding carboxylic acids is 1. The molecule has 0 N–H and O–H groups in total. The summed E-state index contributed by atoms with van der Waals surface area (Å²) in [7, 11) is 0. The Bertz CT molecular complexity index is 335. The third-order valence-corrected chi connectivity index (χ3v) is 1.34. The van der Waals surface area contributed by atoms with Crippen LogP contribution in [0.2, 0.25) is 0 Å². The number of rotatable bonds is 1. The first-order valence-electron chi connectivity index (χ1n) is 3.23. The molecule has 0 aromatic carbocycles. The average molecular weight is 152 g/mol. The average Bonchev–Trinajstić information content (AvgIpc) is 1.85. The van der Waals surface area contributed by atoms with Gasteiger partial charge in [0.05, 0.1) is 0 Å². The molecule has 1 rings (SSSR count). The second-order valence-corrected chi connectivity index (χ2v) is 2.30. The Morgan fingerprint density at radius 1 is 1.45 bits per heavy atom. The van der Waals surface area contributed by atoms with Crippen LogP contribution in [0.5, 0.6) is 0 Å². The third kappa shape index (κ3) is 1.55. The molecule has 0 amide bonds. The van der Waals surface area contributed by atoms with Gasteiger partial charge in [0.1, 0.15) is 11.3 Å². The Balaban J connectivity index is 3.32. The van der Waals surface area contributed by atoms with Crippen LogP contribution >= 0.6 is 0 Å². The standard InChI is InChI=1S/C8H8O3/c1-5-3-4-7(6(2)9)8(10)11-5/h3-4H,1-2H3. The molecule has 0 bridgehead atoms. The summed E-state index contributed by atoms with van der Waals surface area (Å²) in [5.74, 6) is 0.249. The zero-order chi connectivity index (χ0) is 8.43. The summed E-state index contributed by atoms with van der Waals surface area (Å²) in [6, 6.07) is 3.07. The van der Waals surface area contributed by atoms with Gasteiger partial charge in [-0.2, -0.15) is 0 Å². The van der Waals surface area contributed by atoms with E-state index in [-0.39, 0.29) is 11.3 Å². The first-order chi connectivity index (χ1) is 5.11. The Hall–Kier alpha value is -1.38. The highest BCUT2D eigenvalue weighted by atomic mass is 16.4. The fraction of sp³-hybridized carbons (Fsp3) is 0.250. The van der Waals surface area contributed by atoms with E-state index in [0.29, 0.717) is 5.76 Å². The van der Waals surface area contributed by atoms with Gasteiger partial charge in [0.25, 0.3) is 0 Å². The maximum Gasteiger partial charge on any atom is 0.346 e. The van der Waals surface area contributed by atoms with Crippen LogP contribution in [-0.4, -0.2) is 5.78 Å². The first-order valence-corrected chi connectivity index (χ1v) is 3.23. The van der Waals surface area contributed by atoms with Crippen molar-refractivity contribution in [2.24, 2.45) is 0 Å². The van der Waals surface area contributed by atoms with E-state index in [1.807, 2.05) is 0 Å². The molecule has 3 nitrogen and oxygen atoms in total. The van der Waals surface area contributed by atoms with Crippen molar-refractivity contribution in [1.29, 1.82) is 0 Å². The van der Waals surface area contributed by atoms with Gasteiger partial charge >= 0.3 is 5.63 Å². The summed E-state index contributed by atoms with van der Waals surface area (Å²) in [5, 5.41) is 0. The molecule has 0 saturated heterocycles. The zero-order valence-electron chi connectivity index (χ0n) is 6.38. The SMILES string of the molecule is CC(=O)c1ccc(C)oc1=O. The minimum Gasteiger partial charge on any atom is -0.428 e. The fourth-order valence-corrected chi connectivity index (χ4v) is 0.765. The minimum atomic E-state index is -0.558. The van der Waals surface area contributed by atoms with Gasteiger partial charge < -0.3 is 4.42 Å². The fourth-order valence-electron chi connectivity index (χ4n) is 0.765. The Morgan fingerprint density at radius 2 is 2.09 bits per heavy atom. The summed E-state index contributed by atoms with van der Waals surface area (Å²) in [4.78, 5) is 21.6. The van der Waals surface area contributed by atoms with E-state index in [0.717, 1.165) is 0 Å². The smallest absolute Gasteiger partial charge is 0.346 e.